The lowest BCUT2D eigenvalue weighted by atomic mass is 10.3. The maximum absolute atomic E-state index is 11.9. The van der Waals surface area contributed by atoms with Crippen molar-refractivity contribution in [2.45, 2.75) is 32.6 Å². The van der Waals surface area contributed by atoms with Crippen LogP contribution in [-0.4, -0.2) is 42.0 Å². The molecular weight excluding hydrogens is 252 g/mol. The second kappa shape index (κ2) is 7.72. The smallest absolute Gasteiger partial charge is 0.224 e. The number of aromatic nitrogens is 1. The van der Waals surface area contributed by atoms with Crippen molar-refractivity contribution in [2.75, 3.05) is 36.8 Å². The van der Waals surface area contributed by atoms with Crippen molar-refractivity contribution in [2.24, 2.45) is 0 Å². The first-order valence-corrected chi connectivity index (χ1v) is 7.51. The number of pyridine rings is 1. The van der Waals surface area contributed by atoms with E-state index < -0.39 is 0 Å². The Kier molecular flexibility index (Phi) is 5.65. The van der Waals surface area contributed by atoms with Gasteiger partial charge in [-0.2, -0.15) is 0 Å². The van der Waals surface area contributed by atoms with E-state index in [1.807, 2.05) is 17.0 Å². The van der Waals surface area contributed by atoms with E-state index in [0.717, 1.165) is 50.4 Å². The Morgan fingerprint density at radius 1 is 1.30 bits per heavy atom. The van der Waals surface area contributed by atoms with E-state index in [1.165, 1.54) is 0 Å². The predicted molar refractivity (Wildman–Crippen MR) is 81.9 cm³/mol. The van der Waals surface area contributed by atoms with E-state index in [1.54, 1.807) is 6.20 Å². The number of rotatable bonds is 7. The lowest BCUT2D eigenvalue weighted by molar-refractivity contribution is -0.129. The van der Waals surface area contributed by atoms with Gasteiger partial charge in [-0.15, -0.1) is 0 Å². The quantitative estimate of drug-likeness (QED) is 0.802. The second-order valence-corrected chi connectivity index (χ2v) is 5.12. The summed E-state index contributed by atoms with van der Waals surface area (Å²) in [4.78, 5) is 18.1. The molecule has 1 saturated heterocycles. The van der Waals surface area contributed by atoms with Gasteiger partial charge >= 0.3 is 0 Å². The Labute approximate surface area is 120 Å². The molecule has 1 fully saturated rings. The summed E-state index contributed by atoms with van der Waals surface area (Å²) in [6.07, 6.45) is 5.71. The molecule has 0 bridgehead atoms. The van der Waals surface area contributed by atoms with Crippen LogP contribution in [-0.2, 0) is 4.79 Å². The molecule has 1 amide bonds. The Balaban J connectivity index is 1.74. The molecule has 1 aliphatic rings. The first-order valence-electron chi connectivity index (χ1n) is 7.51. The molecule has 0 unspecified atom stereocenters. The van der Waals surface area contributed by atoms with E-state index >= 15 is 0 Å². The van der Waals surface area contributed by atoms with Crippen LogP contribution in [0.5, 0.6) is 0 Å². The van der Waals surface area contributed by atoms with E-state index in [-0.39, 0.29) is 5.91 Å². The molecule has 1 aliphatic heterocycles. The van der Waals surface area contributed by atoms with Gasteiger partial charge in [0.1, 0.15) is 5.82 Å². The van der Waals surface area contributed by atoms with Crippen LogP contribution < -0.4 is 10.6 Å². The Hall–Kier alpha value is -1.78. The molecule has 2 heterocycles. The average Bonchev–Trinajstić information content (AvgIpc) is 3.00. The molecule has 0 atom stereocenters. The van der Waals surface area contributed by atoms with Crippen molar-refractivity contribution in [3.05, 3.63) is 18.3 Å². The third-order valence-corrected chi connectivity index (χ3v) is 3.44. The molecule has 0 aromatic carbocycles. The zero-order valence-corrected chi connectivity index (χ0v) is 12.2. The molecule has 20 heavy (non-hydrogen) atoms. The normalized spacial score (nSPS) is 14.3. The van der Waals surface area contributed by atoms with Crippen LogP contribution in [0.25, 0.3) is 0 Å². The summed E-state index contributed by atoms with van der Waals surface area (Å²) in [5.41, 5.74) is 1.01. The van der Waals surface area contributed by atoms with Crippen LogP contribution >= 0.6 is 0 Å². The molecule has 0 aliphatic carbocycles. The molecule has 110 valence electrons. The minimum Gasteiger partial charge on any atom is -0.384 e. The minimum atomic E-state index is 0.258. The van der Waals surface area contributed by atoms with Gasteiger partial charge in [0, 0.05) is 50.6 Å². The van der Waals surface area contributed by atoms with Crippen molar-refractivity contribution in [3.63, 3.8) is 0 Å². The fraction of sp³-hybridized carbons (Fsp3) is 0.600. The Morgan fingerprint density at radius 3 is 2.85 bits per heavy atom. The maximum atomic E-state index is 11.9. The van der Waals surface area contributed by atoms with Gasteiger partial charge in [0.25, 0.3) is 0 Å². The number of anilines is 2. The van der Waals surface area contributed by atoms with Gasteiger partial charge in [0.05, 0.1) is 0 Å². The number of amides is 1. The van der Waals surface area contributed by atoms with Gasteiger partial charge in [0.2, 0.25) is 5.91 Å². The summed E-state index contributed by atoms with van der Waals surface area (Å²) in [5.74, 6) is 1.14. The lowest BCUT2D eigenvalue weighted by Gasteiger charge is -2.15. The highest BCUT2D eigenvalue weighted by Crippen LogP contribution is 2.13. The molecule has 0 spiro atoms. The third kappa shape index (κ3) is 4.40. The molecule has 5 heteroatoms. The van der Waals surface area contributed by atoms with E-state index in [9.17, 15) is 4.79 Å². The first-order chi connectivity index (χ1) is 9.79. The van der Waals surface area contributed by atoms with Crippen LogP contribution in [0.4, 0.5) is 11.5 Å². The van der Waals surface area contributed by atoms with Gasteiger partial charge in [0.15, 0.2) is 0 Å². The zero-order chi connectivity index (χ0) is 14.2. The largest absolute Gasteiger partial charge is 0.384 e. The van der Waals surface area contributed by atoms with Crippen LogP contribution in [0.15, 0.2) is 18.3 Å². The second-order valence-electron chi connectivity index (χ2n) is 5.12. The highest BCUT2D eigenvalue weighted by molar-refractivity contribution is 5.77. The van der Waals surface area contributed by atoms with Crippen LogP contribution in [0.2, 0.25) is 0 Å². The SMILES string of the molecule is CCCNc1cc(NCCC(=O)N2CCCC2)ccn1. The molecule has 5 nitrogen and oxygen atoms in total. The molecule has 2 rings (SSSR count). The van der Waals surface area contributed by atoms with E-state index in [4.69, 9.17) is 0 Å². The standard InChI is InChI=1S/C15H24N4O/c1-2-7-17-14-12-13(5-8-18-14)16-9-6-15(20)19-10-3-4-11-19/h5,8,12H,2-4,6-7,9-11H2,1H3,(H2,16,17,18). The van der Waals surface area contributed by atoms with E-state index in [2.05, 4.69) is 22.5 Å². The van der Waals surface area contributed by atoms with Gasteiger partial charge in [-0.1, -0.05) is 6.92 Å². The highest BCUT2D eigenvalue weighted by Gasteiger charge is 2.16. The van der Waals surface area contributed by atoms with Crippen molar-refractivity contribution in [3.8, 4) is 0 Å². The number of likely N-dealkylation sites (tertiary alicyclic amines) is 1. The topological polar surface area (TPSA) is 57.3 Å². The summed E-state index contributed by atoms with van der Waals surface area (Å²) in [6, 6.07) is 3.91. The number of hydrogen-bond donors (Lipinski definition) is 2. The molecule has 0 radical (unpaired) electrons. The van der Waals surface area contributed by atoms with Crippen LogP contribution in [0, 0.1) is 0 Å². The fourth-order valence-corrected chi connectivity index (χ4v) is 2.33. The third-order valence-electron chi connectivity index (χ3n) is 3.44. The van der Waals surface area contributed by atoms with Crippen LogP contribution in [0.3, 0.4) is 0 Å². The predicted octanol–water partition coefficient (Wildman–Crippen LogP) is 2.33. The fourth-order valence-electron chi connectivity index (χ4n) is 2.33. The summed E-state index contributed by atoms with van der Waals surface area (Å²) in [6.45, 7) is 5.58. The van der Waals surface area contributed by atoms with Crippen molar-refractivity contribution in [1.29, 1.82) is 0 Å². The zero-order valence-electron chi connectivity index (χ0n) is 12.2. The van der Waals surface area contributed by atoms with Gasteiger partial charge in [-0.25, -0.2) is 4.98 Å². The lowest BCUT2D eigenvalue weighted by Crippen LogP contribution is -2.29. The first kappa shape index (κ1) is 14.6. The molecule has 1 aromatic rings. The number of carbonyl (C=O) groups excluding carboxylic acids is 1. The summed E-state index contributed by atoms with van der Waals surface area (Å²) >= 11 is 0. The van der Waals surface area contributed by atoms with Crippen molar-refractivity contribution in [1.82, 2.24) is 9.88 Å². The van der Waals surface area contributed by atoms with Crippen molar-refractivity contribution >= 4 is 17.4 Å². The summed E-state index contributed by atoms with van der Waals surface area (Å²) < 4.78 is 0. The molecular formula is C15H24N4O. The Morgan fingerprint density at radius 2 is 2.10 bits per heavy atom. The molecule has 1 aromatic heterocycles. The monoisotopic (exact) mass is 276 g/mol. The van der Waals surface area contributed by atoms with Gasteiger partial charge < -0.3 is 15.5 Å². The summed E-state index contributed by atoms with van der Waals surface area (Å²) in [7, 11) is 0. The average molecular weight is 276 g/mol. The van der Waals surface area contributed by atoms with E-state index in [0.29, 0.717) is 13.0 Å². The van der Waals surface area contributed by atoms with Crippen LogP contribution in [0.1, 0.15) is 32.6 Å². The number of hydrogen-bond acceptors (Lipinski definition) is 4. The maximum Gasteiger partial charge on any atom is 0.224 e. The van der Waals surface area contributed by atoms with Gasteiger partial charge in [-0.05, 0) is 25.3 Å². The Bertz CT molecular complexity index is 430. The number of nitrogens with zero attached hydrogens (tertiary/aromatic N) is 2. The summed E-state index contributed by atoms with van der Waals surface area (Å²) in [5, 5.41) is 6.54. The minimum absolute atomic E-state index is 0.258. The van der Waals surface area contributed by atoms with Gasteiger partial charge in [-0.3, -0.25) is 4.79 Å². The van der Waals surface area contributed by atoms with Crippen molar-refractivity contribution < 1.29 is 4.79 Å². The molecule has 2 N–H and O–H groups in total. The number of nitrogens with one attached hydrogen (secondary N) is 2. The number of carbonyl (C=O) groups is 1. The highest BCUT2D eigenvalue weighted by atomic mass is 16.2. The molecule has 0 saturated carbocycles.